The summed E-state index contributed by atoms with van der Waals surface area (Å²) >= 11 is 0. The lowest BCUT2D eigenvalue weighted by molar-refractivity contribution is -0.132. The van der Waals surface area contributed by atoms with Crippen LogP contribution < -0.4 is 5.32 Å². The van der Waals surface area contributed by atoms with E-state index in [1.54, 1.807) is 11.9 Å². The number of hydrogen-bond acceptors (Lipinski definition) is 5. The third kappa shape index (κ3) is 3.13. The number of likely N-dealkylation sites (N-methyl/N-ethyl adjacent to an activating group) is 1. The summed E-state index contributed by atoms with van der Waals surface area (Å²) in [5, 5.41) is 21.2. The van der Waals surface area contributed by atoms with E-state index < -0.39 is 0 Å². The topological polar surface area (TPSA) is 81.9 Å². The number of hydrogen-bond donors (Lipinski definition) is 1. The van der Waals surface area contributed by atoms with E-state index in [-0.39, 0.29) is 11.9 Å². The highest BCUT2D eigenvalue weighted by molar-refractivity contribution is 5.77. The summed E-state index contributed by atoms with van der Waals surface area (Å²) in [6.07, 6.45) is 2.81. The van der Waals surface area contributed by atoms with Crippen molar-refractivity contribution in [2.24, 2.45) is 0 Å². The Morgan fingerprint density at radius 2 is 2.14 bits per heavy atom. The molecule has 6 heteroatoms. The highest BCUT2D eigenvalue weighted by atomic mass is 16.2. The number of aryl methyl sites for hydroxylation is 1. The molecule has 0 spiro atoms. The van der Waals surface area contributed by atoms with Crippen LogP contribution in [0.3, 0.4) is 0 Å². The lowest BCUT2D eigenvalue weighted by atomic mass is 10.0. The minimum Gasteiger partial charge on any atom is -0.363 e. The molecule has 1 N–H and O–H groups in total. The zero-order valence-corrected chi connectivity index (χ0v) is 12.8. The van der Waals surface area contributed by atoms with E-state index in [9.17, 15) is 10.1 Å². The average Bonchev–Trinajstić information content (AvgIpc) is 2.50. The number of anilines is 1. The largest absolute Gasteiger partial charge is 0.363 e. The zero-order chi connectivity index (χ0) is 15.4. The maximum atomic E-state index is 11.5. The van der Waals surface area contributed by atoms with Gasteiger partial charge in [0.1, 0.15) is 11.6 Å². The third-order valence-corrected chi connectivity index (χ3v) is 3.93. The molecule has 1 aliphatic heterocycles. The van der Waals surface area contributed by atoms with E-state index in [1.807, 2.05) is 13.8 Å². The number of nitrogens with zero attached hydrogens (tertiary/aromatic N) is 4. The van der Waals surface area contributed by atoms with Crippen molar-refractivity contribution in [2.75, 3.05) is 18.9 Å². The van der Waals surface area contributed by atoms with E-state index in [2.05, 4.69) is 21.6 Å². The highest BCUT2D eigenvalue weighted by Crippen LogP contribution is 2.22. The fraction of sp³-hybridized carbons (Fsp3) is 0.600. The van der Waals surface area contributed by atoms with Crippen LogP contribution >= 0.6 is 0 Å². The van der Waals surface area contributed by atoms with Crippen LogP contribution in [-0.4, -0.2) is 40.6 Å². The molecule has 0 radical (unpaired) electrons. The Hall–Kier alpha value is -2.16. The first-order valence-electron chi connectivity index (χ1n) is 7.39. The molecule has 1 aliphatic rings. The molecule has 1 atom stereocenters. The molecule has 0 saturated carbocycles. The van der Waals surface area contributed by atoms with E-state index >= 15 is 0 Å². The van der Waals surface area contributed by atoms with Crippen LogP contribution in [0.25, 0.3) is 0 Å². The van der Waals surface area contributed by atoms with Gasteiger partial charge in [-0.1, -0.05) is 13.8 Å². The average molecular weight is 287 g/mol. The molecule has 2 rings (SSSR count). The maximum absolute atomic E-state index is 11.5. The van der Waals surface area contributed by atoms with Crippen LogP contribution in [0.4, 0.5) is 5.82 Å². The summed E-state index contributed by atoms with van der Waals surface area (Å²) in [6.45, 7) is 4.66. The molecule has 0 aromatic carbocycles. The first kappa shape index (κ1) is 15.2. The number of carbonyl (C=O) groups excluding carboxylic acids is 1. The molecule has 6 nitrogen and oxygen atoms in total. The van der Waals surface area contributed by atoms with Crippen LogP contribution in [0.2, 0.25) is 0 Å². The highest BCUT2D eigenvalue weighted by Gasteiger charge is 2.24. The molecule has 112 valence electrons. The van der Waals surface area contributed by atoms with Crippen molar-refractivity contribution >= 4 is 11.7 Å². The fourth-order valence-corrected chi connectivity index (χ4v) is 2.72. The summed E-state index contributed by atoms with van der Waals surface area (Å²) in [6, 6.07) is 2.37. The summed E-state index contributed by atoms with van der Waals surface area (Å²) in [5.74, 6) is 0.703. The first-order valence-corrected chi connectivity index (χ1v) is 7.39. The molecule has 1 aromatic rings. The summed E-state index contributed by atoms with van der Waals surface area (Å²) in [4.78, 5) is 13.2. The molecule has 1 saturated heterocycles. The smallest absolute Gasteiger partial charge is 0.222 e. The first-order chi connectivity index (χ1) is 10.1. The zero-order valence-electron chi connectivity index (χ0n) is 12.8. The second kappa shape index (κ2) is 6.53. The summed E-state index contributed by atoms with van der Waals surface area (Å²) < 4.78 is 0. The molecule has 0 unspecified atom stereocenters. The molecule has 1 fully saturated rings. The van der Waals surface area contributed by atoms with Crippen LogP contribution in [0.1, 0.15) is 43.5 Å². The van der Waals surface area contributed by atoms with Gasteiger partial charge in [-0.2, -0.15) is 10.4 Å². The Balaban J connectivity index is 2.24. The minimum atomic E-state index is 0.117. The number of amides is 1. The molecule has 0 aliphatic carbocycles. The predicted molar refractivity (Wildman–Crippen MR) is 79.8 cm³/mol. The molecule has 21 heavy (non-hydrogen) atoms. The van der Waals surface area contributed by atoms with E-state index in [1.165, 1.54) is 0 Å². The lowest BCUT2D eigenvalue weighted by Gasteiger charge is -2.30. The number of likely N-dealkylation sites (tertiary alicyclic amines) is 1. The maximum Gasteiger partial charge on any atom is 0.222 e. The monoisotopic (exact) mass is 287 g/mol. The van der Waals surface area contributed by atoms with Crippen molar-refractivity contribution < 1.29 is 4.79 Å². The summed E-state index contributed by atoms with van der Waals surface area (Å²) in [5.41, 5.74) is 2.44. The Labute approximate surface area is 125 Å². The molecular formula is C15H21N5O. The van der Waals surface area contributed by atoms with Crippen molar-refractivity contribution in [1.29, 1.82) is 5.26 Å². The van der Waals surface area contributed by atoms with Gasteiger partial charge < -0.3 is 10.2 Å². The van der Waals surface area contributed by atoms with Gasteiger partial charge in [0.05, 0.1) is 5.69 Å². The quantitative estimate of drug-likeness (QED) is 0.907. The minimum absolute atomic E-state index is 0.117. The Morgan fingerprint density at radius 3 is 2.71 bits per heavy atom. The van der Waals surface area contributed by atoms with Gasteiger partial charge in [-0.25, -0.2) is 0 Å². The van der Waals surface area contributed by atoms with Gasteiger partial charge in [-0.3, -0.25) is 4.79 Å². The Morgan fingerprint density at radius 1 is 1.38 bits per heavy atom. The molecule has 0 bridgehead atoms. The summed E-state index contributed by atoms with van der Waals surface area (Å²) in [7, 11) is 1.80. The van der Waals surface area contributed by atoms with E-state index in [0.717, 1.165) is 30.5 Å². The van der Waals surface area contributed by atoms with Crippen molar-refractivity contribution in [1.82, 2.24) is 15.1 Å². The molecule has 1 amide bonds. The lowest BCUT2D eigenvalue weighted by Crippen LogP contribution is -2.43. The van der Waals surface area contributed by atoms with Crippen molar-refractivity contribution in [3.8, 4) is 6.07 Å². The third-order valence-electron chi connectivity index (χ3n) is 3.93. The van der Waals surface area contributed by atoms with Crippen LogP contribution in [0.5, 0.6) is 0 Å². The predicted octanol–water partition coefficient (Wildman–Crippen LogP) is 1.51. The normalized spacial score (nSPS) is 18.5. The number of nitrogens with one attached hydrogen (secondary N) is 1. The number of piperidine rings is 1. The van der Waals surface area contributed by atoms with Crippen molar-refractivity contribution in [3.05, 3.63) is 16.8 Å². The van der Waals surface area contributed by atoms with Gasteiger partial charge in [0.25, 0.3) is 0 Å². The molecule has 1 aromatic heterocycles. The van der Waals surface area contributed by atoms with Crippen molar-refractivity contribution in [2.45, 2.75) is 45.6 Å². The van der Waals surface area contributed by atoms with Gasteiger partial charge in [-0.05, 0) is 24.8 Å². The Bertz CT molecular complexity index is 578. The van der Waals surface area contributed by atoms with Crippen molar-refractivity contribution in [3.63, 3.8) is 0 Å². The van der Waals surface area contributed by atoms with E-state index in [0.29, 0.717) is 24.3 Å². The second-order valence-electron chi connectivity index (χ2n) is 5.32. The number of carbonyl (C=O) groups is 1. The fourth-order valence-electron chi connectivity index (χ4n) is 2.72. The number of rotatable bonds is 4. The van der Waals surface area contributed by atoms with Gasteiger partial charge in [-0.15, -0.1) is 5.10 Å². The standard InChI is InChI=1S/C15H21N5O/c1-4-11-12(8-16)15(19-18-13(11)5-2)17-10-6-7-14(21)20(3)9-10/h10H,4-7,9H2,1-3H3,(H,17,19)/t10-/m0/s1. The molecule has 2 heterocycles. The number of aromatic nitrogens is 2. The number of nitriles is 1. The van der Waals surface area contributed by atoms with Crippen LogP contribution in [-0.2, 0) is 17.6 Å². The van der Waals surface area contributed by atoms with Gasteiger partial charge in [0.2, 0.25) is 5.91 Å². The van der Waals surface area contributed by atoms with Gasteiger partial charge in [0.15, 0.2) is 5.82 Å². The van der Waals surface area contributed by atoms with Crippen LogP contribution in [0.15, 0.2) is 0 Å². The SMILES string of the molecule is CCc1nnc(N[C@H]2CCC(=O)N(C)C2)c(C#N)c1CC. The van der Waals surface area contributed by atoms with E-state index in [4.69, 9.17) is 0 Å². The second-order valence-corrected chi connectivity index (χ2v) is 5.32. The van der Waals surface area contributed by atoms with Gasteiger partial charge in [0, 0.05) is 26.1 Å². The molecular weight excluding hydrogens is 266 g/mol. The van der Waals surface area contributed by atoms with Crippen LogP contribution in [0, 0.1) is 11.3 Å². The Kier molecular flexibility index (Phi) is 4.73. The van der Waals surface area contributed by atoms with Gasteiger partial charge >= 0.3 is 0 Å².